The number of aliphatic hydroxyl groups excluding tert-OH is 1. The molecule has 0 aliphatic heterocycles. The van der Waals surface area contributed by atoms with Gasteiger partial charge >= 0.3 is 12.1 Å². The molecule has 0 aromatic heterocycles. The van der Waals surface area contributed by atoms with Crippen molar-refractivity contribution in [2.24, 2.45) is 0 Å². The van der Waals surface area contributed by atoms with E-state index in [1.54, 1.807) is 6.92 Å². The standard InChI is InChI=1S/C12H13F3O3/c1-2-18-11(17)10(16)7-8-4-3-5-9(6-8)12(13,14)15/h3-6,10,16H,2,7H2,1H3. The molecule has 0 bridgehead atoms. The van der Waals surface area contributed by atoms with Gasteiger partial charge in [0.1, 0.15) is 0 Å². The van der Waals surface area contributed by atoms with Crippen molar-refractivity contribution in [3.63, 3.8) is 0 Å². The quantitative estimate of drug-likeness (QED) is 0.846. The van der Waals surface area contributed by atoms with Crippen LogP contribution in [0, 0.1) is 0 Å². The molecule has 6 heteroatoms. The number of hydrogen-bond donors (Lipinski definition) is 1. The van der Waals surface area contributed by atoms with Gasteiger partial charge in [-0.25, -0.2) is 4.79 Å². The van der Waals surface area contributed by atoms with Crippen LogP contribution < -0.4 is 0 Å². The molecule has 18 heavy (non-hydrogen) atoms. The molecule has 1 atom stereocenters. The zero-order valence-electron chi connectivity index (χ0n) is 9.70. The maximum atomic E-state index is 12.4. The van der Waals surface area contributed by atoms with Crippen LogP contribution in [-0.2, 0) is 22.1 Å². The topological polar surface area (TPSA) is 46.5 Å². The molecule has 0 saturated heterocycles. The summed E-state index contributed by atoms with van der Waals surface area (Å²) in [6.45, 7) is 1.69. The number of rotatable bonds is 4. The van der Waals surface area contributed by atoms with Gasteiger partial charge in [0.25, 0.3) is 0 Å². The maximum Gasteiger partial charge on any atom is 0.416 e. The first-order chi connectivity index (χ1) is 8.34. The Kier molecular flexibility index (Phi) is 4.72. The first-order valence-electron chi connectivity index (χ1n) is 5.35. The number of hydrogen-bond acceptors (Lipinski definition) is 3. The van der Waals surface area contributed by atoms with E-state index in [0.717, 1.165) is 12.1 Å². The lowest BCUT2D eigenvalue weighted by molar-refractivity contribution is -0.152. The van der Waals surface area contributed by atoms with Gasteiger partial charge in [-0.3, -0.25) is 0 Å². The zero-order chi connectivity index (χ0) is 13.8. The smallest absolute Gasteiger partial charge is 0.416 e. The fourth-order valence-corrected chi connectivity index (χ4v) is 1.42. The first-order valence-corrected chi connectivity index (χ1v) is 5.35. The molecule has 100 valence electrons. The van der Waals surface area contributed by atoms with Crippen molar-refractivity contribution < 1.29 is 27.8 Å². The summed E-state index contributed by atoms with van der Waals surface area (Å²) in [7, 11) is 0. The summed E-state index contributed by atoms with van der Waals surface area (Å²) >= 11 is 0. The molecule has 0 spiro atoms. The number of esters is 1. The summed E-state index contributed by atoms with van der Waals surface area (Å²) in [5.41, 5.74) is -0.582. The van der Waals surface area contributed by atoms with Crippen LogP contribution in [0.15, 0.2) is 24.3 Å². The van der Waals surface area contributed by atoms with Crippen LogP contribution in [0.1, 0.15) is 18.1 Å². The van der Waals surface area contributed by atoms with Gasteiger partial charge < -0.3 is 9.84 Å². The Hall–Kier alpha value is -1.56. The lowest BCUT2D eigenvalue weighted by atomic mass is 10.0. The third-order valence-corrected chi connectivity index (χ3v) is 2.24. The van der Waals surface area contributed by atoms with Crippen LogP contribution in [0.2, 0.25) is 0 Å². The van der Waals surface area contributed by atoms with E-state index in [1.165, 1.54) is 12.1 Å². The van der Waals surface area contributed by atoms with Gasteiger partial charge in [0, 0.05) is 6.42 Å². The number of carbonyl (C=O) groups excluding carboxylic acids is 1. The van der Waals surface area contributed by atoms with Crippen molar-refractivity contribution in [3.8, 4) is 0 Å². The minimum absolute atomic E-state index is 0.110. The third-order valence-electron chi connectivity index (χ3n) is 2.24. The van der Waals surface area contributed by atoms with Gasteiger partial charge in [0.05, 0.1) is 12.2 Å². The van der Waals surface area contributed by atoms with Crippen LogP contribution in [0.3, 0.4) is 0 Å². The summed E-state index contributed by atoms with van der Waals surface area (Å²) in [6, 6.07) is 4.48. The van der Waals surface area contributed by atoms with Crippen LogP contribution in [-0.4, -0.2) is 23.8 Å². The molecule has 0 fully saturated rings. The fourth-order valence-electron chi connectivity index (χ4n) is 1.42. The van der Waals surface area contributed by atoms with Gasteiger partial charge in [-0.15, -0.1) is 0 Å². The SMILES string of the molecule is CCOC(=O)C(O)Cc1cccc(C(F)(F)F)c1. The average Bonchev–Trinajstić information content (AvgIpc) is 2.28. The minimum Gasteiger partial charge on any atom is -0.464 e. The highest BCUT2D eigenvalue weighted by molar-refractivity contribution is 5.74. The Morgan fingerprint density at radius 2 is 2.11 bits per heavy atom. The van der Waals surface area contributed by atoms with Crippen molar-refractivity contribution in [1.29, 1.82) is 0 Å². The van der Waals surface area contributed by atoms with E-state index in [4.69, 9.17) is 0 Å². The normalized spacial score (nSPS) is 13.2. The predicted octanol–water partition coefficient (Wildman–Crippen LogP) is 2.17. The van der Waals surface area contributed by atoms with Crippen molar-refractivity contribution in [2.75, 3.05) is 6.61 Å². The third kappa shape index (κ3) is 4.03. The van der Waals surface area contributed by atoms with Crippen LogP contribution in [0.4, 0.5) is 13.2 Å². The Morgan fingerprint density at radius 1 is 1.44 bits per heavy atom. The van der Waals surface area contributed by atoms with Gasteiger partial charge in [-0.2, -0.15) is 13.2 Å². The lowest BCUT2D eigenvalue weighted by Gasteiger charge is -2.11. The van der Waals surface area contributed by atoms with Crippen LogP contribution >= 0.6 is 0 Å². The Balaban J connectivity index is 2.76. The first kappa shape index (κ1) is 14.5. The molecule has 1 N–H and O–H groups in total. The molecule has 0 amide bonds. The molecule has 0 heterocycles. The molecule has 1 aromatic carbocycles. The highest BCUT2D eigenvalue weighted by Crippen LogP contribution is 2.29. The maximum absolute atomic E-state index is 12.4. The summed E-state index contributed by atoms with van der Waals surface area (Å²) in [5.74, 6) is -0.838. The molecule has 0 aliphatic rings. The van der Waals surface area contributed by atoms with Crippen molar-refractivity contribution >= 4 is 5.97 Å². The number of aliphatic hydroxyl groups is 1. The van der Waals surface area contributed by atoms with E-state index in [0.29, 0.717) is 0 Å². The Morgan fingerprint density at radius 3 is 2.67 bits per heavy atom. The average molecular weight is 262 g/mol. The minimum atomic E-state index is -4.44. The number of benzene rings is 1. The van der Waals surface area contributed by atoms with Gasteiger partial charge in [-0.1, -0.05) is 18.2 Å². The summed E-state index contributed by atoms with van der Waals surface area (Å²) in [6.07, 6.45) is -6.10. The van der Waals surface area contributed by atoms with Gasteiger partial charge in [0.2, 0.25) is 0 Å². The molecule has 1 rings (SSSR count). The van der Waals surface area contributed by atoms with Crippen molar-refractivity contribution in [1.82, 2.24) is 0 Å². The predicted molar refractivity (Wildman–Crippen MR) is 57.8 cm³/mol. The molecule has 3 nitrogen and oxygen atoms in total. The molecule has 0 radical (unpaired) electrons. The number of ether oxygens (including phenoxy) is 1. The Bertz CT molecular complexity index is 415. The van der Waals surface area contributed by atoms with E-state index < -0.39 is 23.8 Å². The molecular weight excluding hydrogens is 249 g/mol. The van der Waals surface area contributed by atoms with Gasteiger partial charge in [0.15, 0.2) is 6.10 Å². The van der Waals surface area contributed by atoms with E-state index in [-0.39, 0.29) is 18.6 Å². The summed E-state index contributed by atoms with van der Waals surface area (Å²) in [4.78, 5) is 11.1. The summed E-state index contributed by atoms with van der Waals surface area (Å²) in [5, 5.41) is 9.44. The molecule has 1 aromatic rings. The second kappa shape index (κ2) is 5.86. The lowest BCUT2D eigenvalue weighted by Crippen LogP contribution is -2.25. The van der Waals surface area contributed by atoms with E-state index in [9.17, 15) is 23.1 Å². The monoisotopic (exact) mass is 262 g/mol. The molecular formula is C12H13F3O3. The largest absolute Gasteiger partial charge is 0.464 e. The fraction of sp³-hybridized carbons (Fsp3) is 0.417. The van der Waals surface area contributed by atoms with E-state index in [2.05, 4.69) is 4.74 Å². The van der Waals surface area contributed by atoms with Crippen LogP contribution in [0.5, 0.6) is 0 Å². The highest BCUT2D eigenvalue weighted by Gasteiger charge is 2.30. The van der Waals surface area contributed by atoms with Crippen molar-refractivity contribution in [3.05, 3.63) is 35.4 Å². The second-order valence-electron chi connectivity index (χ2n) is 3.67. The van der Waals surface area contributed by atoms with Gasteiger partial charge in [-0.05, 0) is 18.6 Å². The second-order valence-corrected chi connectivity index (χ2v) is 3.67. The highest BCUT2D eigenvalue weighted by atomic mass is 19.4. The van der Waals surface area contributed by atoms with E-state index in [1.807, 2.05) is 0 Å². The number of halogens is 3. The number of alkyl halides is 3. The van der Waals surface area contributed by atoms with Crippen LogP contribution in [0.25, 0.3) is 0 Å². The van der Waals surface area contributed by atoms with Crippen molar-refractivity contribution in [2.45, 2.75) is 25.6 Å². The molecule has 1 unspecified atom stereocenters. The Labute approximate surface area is 102 Å². The number of carbonyl (C=O) groups is 1. The molecule has 0 aliphatic carbocycles. The summed E-state index contributed by atoms with van der Waals surface area (Å²) < 4.78 is 41.9. The molecule has 0 saturated carbocycles. The van der Waals surface area contributed by atoms with E-state index >= 15 is 0 Å². The zero-order valence-corrected chi connectivity index (χ0v) is 9.70.